The van der Waals surface area contributed by atoms with Crippen LogP contribution in [0.5, 0.6) is 0 Å². The van der Waals surface area contributed by atoms with Gasteiger partial charge in [-0.05, 0) is 59.0 Å². The lowest BCUT2D eigenvalue weighted by Gasteiger charge is -2.40. The van der Waals surface area contributed by atoms with Crippen LogP contribution in [0.15, 0.2) is 35.0 Å². The number of aliphatic carboxylic acids is 1. The van der Waals surface area contributed by atoms with Gasteiger partial charge in [0, 0.05) is 13.0 Å². The number of aryl methyl sites for hydroxylation is 1. The third-order valence-corrected chi connectivity index (χ3v) is 5.24. The first kappa shape index (κ1) is 16.6. The lowest BCUT2D eigenvalue weighted by atomic mass is 9.82. The van der Waals surface area contributed by atoms with E-state index in [2.05, 4.69) is 0 Å². The summed E-state index contributed by atoms with van der Waals surface area (Å²) < 4.78 is 13.5. The molecule has 2 unspecified atom stereocenters. The number of amides is 1. The normalized spacial score (nSPS) is 21.1. The van der Waals surface area contributed by atoms with E-state index >= 15 is 0 Å². The van der Waals surface area contributed by atoms with Gasteiger partial charge in [-0.3, -0.25) is 9.59 Å². The van der Waals surface area contributed by atoms with Crippen molar-refractivity contribution in [2.45, 2.75) is 32.4 Å². The van der Waals surface area contributed by atoms with Crippen molar-refractivity contribution in [2.24, 2.45) is 5.92 Å². The minimum Gasteiger partial charge on any atom is -0.481 e. The Bertz CT molecular complexity index is 760. The molecular weight excluding hydrogens is 329 g/mol. The van der Waals surface area contributed by atoms with E-state index in [4.69, 9.17) is 0 Å². The second-order valence-electron chi connectivity index (χ2n) is 6.08. The largest absolute Gasteiger partial charge is 0.481 e. The maximum absolute atomic E-state index is 13.5. The molecule has 3 rings (SSSR count). The molecule has 4 nitrogen and oxygen atoms in total. The molecule has 1 amide bonds. The summed E-state index contributed by atoms with van der Waals surface area (Å²) in [6, 6.07) is 5.66. The minimum absolute atomic E-state index is 0.0626. The summed E-state index contributed by atoms with van der Waals surface area (Å²) in [4.78, 5) is 25.9. The van der Waals surface area contributed by atoms with Crippen LogP contribution in [0.25, 0.3) is 0 Å². The summed E-state index contributed by atoms with van der Waals surface area (Å²) in [5.74, 6) is -2.04. The smallest absolute Gasteiger partial charge is 0.308 e. The third kappa shape index (κ3) is 3.19. The predicted molar refractivity (Wildman–Crippen MR) is 89.1 cm³/mol. The molecule has 1 aliphatic rings. The number of thiophene rings is 1. The number of hydrogen-bond acceptors (Lipinski definition) is 3. The molecule has 2 atom stereocenters. The van der Waals surface area contributed by atoms with Crippen LogP contribution in [0.2, 0.25) is 0 Å². The first-order valence-corrected chi connectivity index (χ1v) is 8.71. The lowest BCUT2D eigenvalue weighted by molar-refractivity contribution is -0.152. The molecule has 1 aliphatic heterocycles. The van der Waals surface area contributed by atoms with Crippen LogP contribution in [-0.4, -0.2) is 21.9 Å². The summed E-state index contributed by atoms with van der Waals surface area (Å²) in [6.45, 7) is 2.12. The number of carbonyl (C=O) groups is 2. The Hall–Kier alpha value is -2.21. The zero-order chi connectivity index (χ0) is 17.3. The number of likely N-dealkylation sites (tertiary alicyclic amines) is 1. The molecule has 0 radical (unpaired) electrons. The maximum atomic E-state index is 13.5. The maximum Gasteiger partial charge on any atom is 0.308 e. The van der Waals surface area contributed by atoms with E-state index in [1.807, 2.05) is 16.8 Å². The molecule has 24 heavy (non-hydrogen) atoms. The second-order valence-corrected chi connectivity index (χ2v) is 6.86. The Balaban J connectivity index is 2.04. The van der Waals surface area contributed by atoms with Crippen LogP contribution < -0.4 is 0 Å². The average molecular weight is 347 g/mol. The first-order chi connectivity index (χ1) is 11.5. The number of piperidine rings is 1. The van der Waals surface area contributed by atoms with Crippen molar-refractivity contribution in [3.8, 4) is 0 Å². The van der Waals surface area contributed by atoms with Crippen LogP contribution in [-0.2, 0) is 16.1 Å². The number of benzene rings is 1. The van der Waals surface area contributed by atoms with Gasteiger partial charge in [-0.15, -0.1) is 0 Å². The molecule has 2 aromatic rings. The van der Waals surface area contributed by atoms with Crippen LogP contribution in [0.4, 0.5) is 4.39 Å². The molecule has 0 spiro atoms. The van der Waals surface area contributed by atoms with Crippen molar-refractivity contribution < 1.29 is 19.1 Å². The average Bonchev–Trinajstić information content (AvgIpc) is 3.02. The molecule has 1 saturated heterocycles. The van der Waals surface area contributed by atoms with Crippen molar-refractivity contribution in [1.82, 2.24) is 4.90 Å². The van der Waals surface area contributed by atoms with E-state index in [0.29, 0.717) is 24.1 Å². The van der Waals surface area contributed by atoms with Gasteiger partial charge in [0.25, 0.3) is 0 Å². The molecule has 1 aromatic heterocycles. The molecular formula is C18H18FNO3S. The van der Waals surface area contributed by atoms with Gasteiger partial charge in [-0.25, -0.2) is 4.39 Å². The first-order valence-electron chi connectivity index (χ1n) is 7.77. The minimum atomic E-state index is -0.924. The van der Waals surface area contributed by atoms with Crippen molar-refractivity contribution >= 4 is 23.2 Å². The summed E-state index contributed by atoms with van der Waals surface area (Å²) in [5, 5.41) is 13.5. The Morgan fingerprint density at radius 2 is 2.21 bits per heavy atom. The van der Waals surface area contributed by atoms with Gasteiger partial charge in [0.15, 0.2) is 0 Å². The highest BCUT2D eigenvalue weighted by molar-refractivity contribution is 7.07. The number of carboxylic acid groups (broad SMARTS) is 1. The van der Waals surface area contributed by atoms with Crippen molar-refractivity contribution in [2.75, 3.05) is 0 Å². The van der Waals surface area contributed by atoms with E-state index in [9.17, 15) is 19.1 Å². The quantitative estimate of drug-likeness (QED) is 0.916. The Morgan fingerprint density at radius 1 is 1.42 bits per heavy atom. The zero-order valence-electron chi connectivity index (χ0n) is 13.2. The molecule has 126 valence electrons. The standard InChI is InChI=1S/C18H18FNO3S/c1-11-8-13(19)2-3-14(11)17-15(18(22)23)4-5-16(21)20(17)9-12-6-7-24-10-12/h2-3,6-8,10,15,17H,4-5,9H2,1H3,(H,22,23). The van der Waals surface area contributed by atoms with E-state index < -0.39 is 17.9 Å². The van der Waals surface area contributed by atoms with Gasteiger partial charge in [0.2, 0.25) is 5.91 Å². The van der Waals surface area contributed by atoms with Crippen LogP contribution in [0.3, 0.4) is 0 Å². The van der Waals surface area contributed by atoms with Crippen molar-refractivity contribution in [1.29, 1.82) is 0 Å². The highest BCUT2D eigenvalue weighted by Gasteiger charge is 2.41. The number of halogens is 1. The fourth-order valence-electron chi connectivity index (χ4n) is 3.33. The number of rotatable bonds is 4. The van der Waals surface area contributed by atoms with Gasteiger partial charge in [0.1, 0.15) is 5.82 Å². The Morgan fingerprint density at radius 3 is 2.83 bits per heavy atom. The predicted octanol–water partition coefficient (Wildman–Crippen LogP) is 3.76. The van der Waals surface area contributed by atoms with Crippen molar-refractivity contribution in [3.63, 3.8) is 0 Å². The van der Waals surface area contributed by atoms with Crippen LogP contribution in [0.1, 0.15) is 35.6 Å². The molecule has 2 heterocycles. The fourth-order valence-corrected chi connectivity index (χ4v) is 3.99. The van der Waals surface area contributed by atoms with E-state index in [0.717, 1.165) is 5.56 Å². The molecule has 0 saturated carbocycles. The van der Waals surface area contributed by atoms with Gasteiger partial charge < -0.3 is 10.0 Å². The fraction of sp³-hybridized carbons (Fsp3) is 0.333. The van der Waals surface area contributed by atoms with Crippen LogP contribution >= 0.6 is 11.3 Å². The zero-order valence-corrected chi connectivity index (χ0v) is 14.1. The summed E-state index contributed by atoms with van der Waals surface area (Å²) in [5.41, 5.74) is 2.34. The van der Waals surface area contributed by atoms with Crippen molar-refractivity contribution in [3.05, 3.63) is 57.5 Å². The van der Waals surface area contributed by atoms with Gasteiger partial charge >= 0.3 is 5.97 Å². The van der Waals surface area contributed by atoms with Crippen LogP contribution in [0, 0.1) is 18.7 Å². The summed E-state index contributed by atoms with van der Waals surface area (Å²) in [7, 11) is 0. The Kier molecular flexibility index (Phi) is 4.66. The highest BCUT2D eigenvalue weighted by Crippen LogP contribution is 2.39. The number of hydrogen-bond donors (Lipinski definition) is 1. The summed E-state index contributed by atoms with van der Waals surface area (Å²) >= 11 is 1.53. The summed E-state index contributed by atoms with van der Waals surface area (Å²) in [6.07, 6.45) is 0.521. The second kappa shape index (κ2) is 6.73. The highest BCUT2D eigenvalue weighted by atomic mass is 32.1. The third-order valence-electron chi connectivity index (χ3n) is 4.51. The van der Waals surface area contributed by atoms with Gasteiger partial charge in [0.05, 0.1) is 12.0 Å². The van der Waals surface area contributed by atoms with E-state index in [1.165, 1.54) is 23.5 Å². The van der Waals surface area contributed by atoms with E-state index in [-0.39, 0.29) is 18.1 Å². The molecule has 0 aliphatic carbocycles. The molecule has 6 heteroatoms. The SMILES string of the molecule is Cc1cc(F)ccc1C1C(C(=O)O)CCC(=O)N1Cc1ccsc1. The monoisotopic (exact) mass is 347 g/mol. The molecule has 1 fully saturated rings. The number of nitrogens with zero attached hydrogens (tertiary/aromatic N) is 1. The molecule has 1 N–H and O–H groups in total. The molecule has 1 aromatic carbocycles. The van der Waals surface area contributed by atoms with E-state index in [1.54, 1.807) is 17.9 Å². The Labute approximate surface area is 143 Å². The molecule has 0 bridgehead atoms. The topological polar surface area (TPSA) is 57.6 Å². The van der Waals surface area contributed by atoms with Gasteiger partial charge in [-0.1, -0.05) is 6.07 Å². The number of carboxylic acids is 1. The number of carbonyl (C=O) groups excluding carboxylic acids is 1. The van der Waals surface area contributed by atoms with Gasteiger partial charge in [-0.2, -0.15) is 11.3 Å². The lowest BCUT2D eigenvalue weighted by Crippen LogP contribution is -2.45.